The van der Waals surface area contributed by atoms with E-state index in [9.17, 15) is 18.0 Å². The van der Waals surface area contributed by atoms with E-state index in [0.29, 0.717) is 31.4 Å². The van der Waals surface area contributed by atoms with Crippen molar-refractivity contribution in [2.45, 2.75) is 43.0 Å². The van der Waals surface area contributed by atoms with E-state index in [4.69, 9.17) is 0 Å². The van der Waals surface area contributed by atoms with Gasteiger partial charge in [0, 0.05) is 30.7 Å². The fourth-order valence-corrected chi connectivity index (χ4v) is 7.27. The number of nitrogens with one attached hydrogen (secondary N) is 1. The average molecular weight is 535 g/mol. The van der Waals surface area contributed by atoms with Crippen molar-refractivity contribution in [1.29, 1.82) is 0 Å². The van der Waals surface area contributed by atoms with Gasteiger partial charge in [-0.2, -0.15) is 4.31 Å². The summed E-state index contributed by atoms with van der Waals surface area (Å²) in [7, 11) is -3.75. The number of carbonyl (C=O) groups is 2. The van der Waals surface area contributed by atoms with Crippen molar-refractivity contribution in [2.24, 2.45) is 0 Å². The number of sulfonamides is 1. The summed E-state index contributed by atoms with van der Waals surface area (Å²) in [6.07, 6.45) is 2.56. The first-order valence-electron chi connectivity index (χ1n) is 13.2. The van der Waals surface area contributed by atoms with Gasteiger partial charge in [0.15, 0.2) is 0 Å². The first-order chi connectivity index (χ1) is 18.4. The van der Waals surface area contributed by atoms with Crippen molar-refractivity contribution < 1.29 is 18.0 Å². The van der Waals surface area contributed by atoms with Crippen molar-refractivity contribution in [1.82, 2.24) is 14.5 Å². The lowest BCUT2D eigenvalue weighted by atomic mass is 9.86. The number of fused-ring (bicyclic) bond motifs is 1. The van der Waals surface area contributed by atoms with Crippen molar-refractivity contribution in [3.63, 3.8) is 0 Å². The summed E-state index contributed by atoms with van der Waals surface area (Å²) in [6.45, 7) is 3.37. The molecule has 0 bridgehead atoms. The molecule has 3 aromatic carbocycles. The second-order valence-corrected chi connectivity index (χ2v) is 11.9. The van der Waals surface area contributed by atoms with Crippen LogP contribution in [0.25, 0.3) is 10.8 Å². The normalized spacial score (nSPS) is 17.9. The van der Waals surface area contributed by atoms with Crippen LogP contribution in [0.1, 0.15) is 32.6 Å². The number of piperidine rings is 1. The maximum Gasteiger partial charge on any atom is 0.250 e. The van der Waals surface area contributed by atoms with Crippen molar-refractivity contribution in [3.8, 4) is 0 Å². The SMILES string of the molecule is CCCCNC(=O)CN1CN(c2ccccc2)C2(CCN(S(=O)(=O)c3cccc4ccccc34)CC2)C1=O. The Balaban J connectivity index is 1.39. The minimum atomic E-state index is -3.75. The zero-order valence-corrected chi connectivity index (χ0v) is 22.5. The zero-order valence-electron chi connectivity index (χ0n) is 21.7. The highest BCUT2D eigenvalue weighted by Crippen LogP contribution is 2.40. The lowest BCUT2D eigenvalue weighted by molar-refractivity contribution is -0.137. The summed E-state index contributed by atoms with van der Waals surface area (Å²) in [4.78, 5) is 30.4. The lowest BCUT2D eigenvalue weighted by Crippen LogP contribution is -2.57. The highest BCUT2D eigenvalue weighted by molar-refractivity contribution is 7.89. The van der Waals surface area contributed by atoms with Crippen LogP contribution in [-0.4, -0.2) is 67.8 Å². The van der Waals surface area contributed by atoms with E-state index in [2.05, 4.69) is 17.1 Å². The van der Waals surface area contributed by atoms with E-state index in [0.717, 1.165) is 23.9 Å². The number of nitrogens with zero attached hydrogens (tertiary/aromatic N) is 3. The molecule has 0 aromatic heterocycles. The Morgan fingerprint density at radius 1 is 0.947 bits per heavy atom. The van der Waals surface area contributed by atoms with Gasteiger partial charge in [-0.05, 0) is 42.8 Å². The molecule has 1 N–H and O–H groups in total. The van der Waals surface area contributed by atoms with Crippen molar-refractivity contribution >= 4 is 38.3 Å². The summed E-state index contributed by atoms with van der Waals surface area (Å²) >= 11 is 0. The molecule has 38 heavy (non-hydrogen) atoms. The van der Waals surface area contributed by atoms with Gasteiger partial charge in [0.25, 0.3) is 0 Å². The third-order valence-electron chi connectivity index (χ3n) is 7.69. The van der Waals surface area contributed by atoms with Gasteiger partial charge in [0.05, 0.1) is 11.6 Å². The van der Waals surface area contributed by atoms with Crippen LogP contribution in [0.3, 0.4) is 0 Å². The number of carbonyl (C=O) groups excluding carboxylic acids is 2. The predicted octanol–water partition coefficient (Wildman–Crippen LogP) is 3.59. The fraction of sp³-hybridized carbons (Fsp3) is 0.379. The monoisotopic (exact) mass is 534 g/mol. The number of amides is 2. The quantitative estimate of drug-likeness (QED) is 0.446. The maximum absolute atomic E-state index is 13.9. The van der Waals surface area contributed by atoms with Crippen LogP contribution in [0.15, 0.2) is 77.7 Å². The number of hydrogen-bond donors (Lipinski definition) is 1. The first kappa shape index (κ1) is 26.2. The second-order valence-electron chi connectivity index (χ2n) is 10.0. The van der Waals surface area contributed by atoms with Crippen LogP contribution in [0.5, 0.6) is 0 Å². The number of anilines is 1. The molecule has 2 saturated heterocycles. The Kier molecular flexibility index (Phi) is 7.40. The Bertz CT molecular complexity index is 1410. The molecule has 8 nitrogen and oxygen atoms in total. The molecule has 0 unspecified atom stereocenters. The summed E-state index contributed by atoms with van der Waals surface area (Å²) < 4.78 is 29.0. The summed E-state index contributed by atoms with van der Waals surface area (Å²) in [5.41, 5.74) is -0.00405. The summed E-state index contributed by atoms with van der Waals surface area (Å²) in [5.74, 6) is -0.290. The van der Waals surface area contributed by atoms with E-state index in [1.165, 1.54) is 4.31 Å². The van der Waals surface area contributed by atoms with Gasteiger partial charge in [0.1, 0.15) is 12.1 Å². The Morgan fingerprint density at radius 2 is 1.63 bits per heavy atom. The number of rotatable bonds is 8. The summed E-state index contributed by atoms with van der Waals surface area (Å²) in [6, 6.07) is 22.5. The molecule has 0 saturated carbocycles. The Hall–Kier alpha value is -3.43. The van der Waals surface area contributed by atoms with Crippen LogP contribution in [-0.2, 0) is 19.6 Å². The van der Waals surface area contributed by atoms with Crippen LogP contribution in [0.4, 0.5) is 5.69 Å². The van der Waals surface area contributed by atoms with E-state index >= 15 is 0 Å². The minimum absolute atomic E-state index is 0.00828. The largest absolute Gasteiger partial charge is 0.355 e. The van der Waals surface area contributed by atoms with E-state index in [1.807, 2.05) is 60.7 Å². The molecule has 0 aliphatic carbocycles. The van der Waals surface area contributed by atoms with Gasteiger partial charge in [-0.1, -0.05) is 67.9 Å². The van der Waals surface area contributed by atoms with Crippen LogP contribution in [0, 0.1) is 0 Å². The van der Waals surface area contributed by atoms with Crippen LogP contribution < -0.4 is 10.2 Å². The van der Waals surface area contributed by atoms with Gasteiger partial charge in [0.2, 0.25) is 21.8 Å². The zero-order chi connectivity index (χ0) is 26.8. The van der Waals surface area contributed by atoms with Gasteiger partial charge < -0.3 is 15.1 Å². The number of hydrogen-bond acceptors (Lipinski definition) is 5. The molecule has 2 fully saturated rings. The molecule has 2 heterocycles. The van der Waals surface area contributed by atoms with Gasteiger partial charge in [-0.15, -0.1) is 0 Å². The van der Waals surface area contributed by atoms with E-state index in [1.54, 1.807) is 17.0 Å². The summed E-state index contributed by atoms with van der Waals surface area (Å²) in [5, 5.41) is 4.46. The van der Waals surface area contributed by atoms with Gasteiger partial charge >= 0.3 is 0 Å². The lowest BCUT2D eigenvalue weighted by Gasteiger charge is -2.42. The smallest absolute Gasteiger partial charge is 0.250 e. The Morgan fingerprint density at radius 3 is 2.37 bits per heavy atom. The third-order valence-corrected chi connectivity index (χ3v) is 9.64. The molecule has 9 heteroatoms. The van der Waals surface area contributed by atoms with E-state index < -0.39 is 15.6 Å². The van der Waals surface area contributed by atoms with Crippen LogP contribution >= 0.6 is 0 Å². The number of para-hydroxylation sites is 1. The minimum Gasteiger partial charge on any atom is -0.355 e. The van der Waals surface area contributed by atoms with Gasteiger partial charge in [-0.25, -0.2) is 8.42 Å². The molecule has 2 amide bonds. The molecule has 0 radical (unpaired) electrons. The first-order valence-corrected chi connectivity index (χ1v) is 14.7. The average Bonchev–Trinajstić information content (AvgIpc) is 3.19. The van der Waals surface area contributed by atoms with Gasteiger partial charge in [-0.3, -0.25) is 9.59 Å². The highest BCUT2D eigenvalue weighted by Gasteiger charge is 2.55. The molecule has 5 rings (SSSR count). The molecule has 2 aliphatic heterocycles. The second kappa shape index (κ2) is 10.7. The topological polar surface area (TPSA) is 90.0 Å². The number of unbranched alkanes of at least 4 members (excludes halogenated alkanes) is 1. The predicted molar refractivity (Wildman–Crippen MR) is 148 cm³/mol. The molecule has 200 valence electrons. The Labute approximate surface area is 224 Å². The number of benzene rings is 3. The molecular weight excluding hydrogens is 500 g/mol. The van der Waals surface area contributed by atoms with Crippen molar-refractivity contribution in [3.05, 3.63) is 72.8 Å². The highest BCUT2D eigenvalue weighted by atomic mass is 32.2. The fourth-order valence-electron chi connectivity index (χ4n) is 5.61. The molecule has 1 spiro atoms. The van der Waals surface area contributed by atoms with Crippen LogP contribution in [0.2, 0.25) is 0 Å². The standard InChI is InChI=1S/C29H34N4O4S/c1-2-3-18-30-27(34)21-31-22-33(24-12-5-4-6-13-24)29(28(31)35)16-19-32(20-17-29)38(36,37)26-15-9-11-23-10-7-8-14-25(23)26/h4-15H,2-3,16-22H2,1H3,(H,30,34). The van der Waals surface area contributed by atoms with E-state index in [-0.39, 0.29) is 36.3 Å². The molecule has 2 aliphatic rings. The van der Waals surface area contributed by atoms with Crippen molar-refractivity contribution in [2.75, 3.05) is 37.7 Å². The molecule has 0 atom stereocenters. The molecule has 3 aromatic rings. The molecular formula is C29H34N4O4S. The maximum atomic E-state index is 13.9. The third kappa shape index (κ3) is 4.76.